The molecule has 4 heteroatoms. The standard InChI is InChI=1S/C8H17NO3/c1-5-11-7(3)9-8(10-4)12-6-2/h7H,5-6H2,1-4H3. The lowest BCUT2D eigenvalue weighted by Gasteiger charge is -2.09. The highest BCUT2D eigenvalue weighted by atomic mass is 16.7. The van der Waals surface area contributed by atoms with Gasteiger partial charge in [0.05, 0.1) is 13.7 Å². The summed E-state index contributed by atoms with van der Waals surface area (Å²) in [6.07, 6.45) is 0.0648. The van der Waals surface area contributed by atoms with Crippen molar-refractivity contribution in [3.63, 3.8) is 0 Å². The van der Waals surface area contributed by atoms with Gasteiger partial charge in [0.2, 0.25) is 0 Å². The van der Waals surface area contributed by atoms with Gasteiger partial charge in [0, 0.05) is 6.61 Å². The zero-order valence-electron chi connectivity index (χ0n) is 8.16. The molecule has 12 heavy (non-hydrogen) atoms. The number of ether oxygens (including phenoxy) is 3. The molecule has 0 radical (unpaired) electrons. The second-order valence-electron chi connectivity index (χ2n) is 2.09. The molecule has 1 atom stereocenters. The molecule has 0 heterocycles. The lowest BCUT2D eigenvalue weighted by Crippen LogP contribution is -2.13. The number of rotatable bonds is 4. The van der Waals surface area contributed by atoms with Crippen LogP contribution < -0.4 is 0 Å². The summed E-state index contributed by atoms with van der Waals surface area (Å²) < 4.78 is 15.1. The zero-order chi connectivity index (χ0) is 9.40. The minimum Gasteiger partial charge on any atom is -0.454 e. The van der Waals surface area contributed by atoms with Crippen LogP contribution in [0.15, 0.2) is 4.99 Å². The molecule has 4 nitrogen and oxygen atoms in total. The van der Waals surface area contributed by atoms with Crippen molar-refractivity contribution in [2.45, 2.75) is 27.0 Å². The summed E-state index contributed by atoms with van der Waals surface area (Å²) in [4.78, 5) is 4.02. The summed E-state index contributed by atoms with van der Waals surface area (Å²) in [5, 5.41) is 0. The molecule has 0 aliphatic rings. The third kappa shape index (κ3) is 4.96. The highest BCUT2D eigenvalue weighted by molar-refractivity contribution is 5.66. The first kappa shape index (κ1) is 11.2. The Bertz CT molecular complexity index is 136. The lowest BCUT2D eigenvalue weighted by molar-refractivity contribution is 0.0753. The molecule has 0 fully saturated rings. The van der Waals surface area contributed by atoms with E-state index in [1.165, 1.54) is 7.11 Å². The predicted molar refractivity (Wildman–Crippen MR) is 47.2 cm³/mol. The Hall–Kier alpha value is -0.770. The third-order valence-corrected chi connectivity index (χ3v) is 1.14. The number of hydrogen-bond donors (Lipinski definition) is 0. The van der Waals surface area contributed by atoms with E-state index in [2.05, 4.69) is 4.99 Å². The molecule has 0 amide bonds. The van der Waals surface area contributed by atoms with Crippen LogP contribution in [-0.2, 0) is 14.2 Å². The largest absolute Gasteiger partial charge is 0.454 e. The Morgan fingerprint density at radius 3 is 2.42 bits per heavy atom. The molecule has 0 rings (SSSR count). The quantitative estimate of drug-likeness (QED) is 0.479. The predicted octanol–water partition coefficient (Wildman–Crippen LogP) is 1.41. The summed E-state index contributed by atoms with van der Waals surface area (Å²) in [6, 6.07) is 0. The van der Waals surface area contributed by atoms with E-state index in [1.807, 2.05) is 20.8 Å². The van der Waals surface area contributed by atoms with Crippen LogP contribution in [0.5, 0.6) is 0 Å². The first-order valence-corrected chi connectivity index (χ1v) is 4.10. The topological polar surface area (TPSA) is 40.0 Å². The minimum absolute atomic E-state index is 0.212. The van der Waals surface area contributed by atoms with E-state index in [9.17, 15) is 0 Å². The van der Waals surface area contributed by atoms with Gasteiger partial charge in [0.1, 0.15) is 0 Å². The van der Waals surface area contributed by atoms with Crippen molar-refractivity contribution < 1.29 is 14.2 Å². The Kier molecular flexibility index (Phi) is 6.47. The molecule has 0 spiro atoms. The first-order chi connectivity index (χ1) is 5.74. The molecule has 72 valence electrons. The van der Waals surface area contributed by atoms with Crippen LogP contribution in [0, 0.1) is 0 Å². The van der Waals surface area contributed by atoms with Crippen LogP contribution in [0.2, 0.25) is 0 Å². The van der Waals surface area contributed by atoms with E-state index in [-0.39, 0.29) is 12.3 Å². The molecule has 0 saturated heterocycles. The number of nitrogens with zero attached hydrogens (tertiary/aromatic N) is 1. The van der Waals surface area contributed by atoms with Crippen LogP contribution >= 0.6 is 0 Å². The van der Waals surface area contributed by atoms with E-state index < -0.39 is 0 Å². The molecule has 0 aromatic rings. The minimum atomic E-state index is -0.212. The van der Waals surface area contributed by atoms with Crippen LogP contribution in [0.3, 0.4) is 0 Å². The van der Waals surface area contributed by atoms with E-state index >= 15 is 0 Å². The lowest BCUT2D eigenvalue weighted by atomic mass is 10.7. The van der Waals surface area contributed by atoms with Crippen molar-refractivity contribution in [1.29, 1.82) is 0 Å². The molecule has 1 unspecified atom stereocenters. The van der Waals surface area contributed by atoms with Gasteiger partial charge in [-0.2, -0.15) is 4.99 Å². The maximum absolute atomic E-state index is 5.17. The van der Waals surface area contributed by atoms with E-state index in [0.29, 0.717) is 13.2 Å². The smallest absolute Gasteiger partial charge is 0.385 e. The maximum Gasteiger partial charge on any atom is 0.385 e. The molecular formula is C8H17NO3. The Morgan fingerprint density at radius 1 is 1.33 bits per heavy atom. The van der Waals surface area contributed by atoms with Crippen molar-refractivity contribution in [1.82, 2.24) is 0 Å². The Labute approximate surface area is 73.5 Å². The normalized spacial score (nSPS) is 14.2. The molecule has 0 aliphatic carbocycles. The molecule has 0 bridgehead atoms. The van der Waals surface area contributed by atoms with Crippen molar-refractivity contribution >= 4 is 6.08 Å². The molecule has 0 saturated carbocycles. The van der Waals surface area contributed by atoms with Crippen molar-refractivity contribution in [3.05, 3.63) is 0 Å². The fourth-order valence-electron chi connectivity index (χ4n) is 0.699. The van der Waals surface area contributed by atoms with Gasteiger partial charge in [-0.05, 0) is 20.8 Å². The fourth-order valence-corrected chi connectivity index (χ4v) is 0.699. The van der Waals surface area contributed by atoms with Gasteiger partial charge in [-0.3, -0.25) is 0 Å². The fraction of sp³-hybridized carbons (Fsp3) is 0.875. The van der Waals surface area contributed by atoms with E-state index in [4.69, 9.17) is 14.2 Å². The van der Waals surface area contributed by atoms with Crippen LogP contribution in [0.25, 0.3) is 0 Å². The van der Waals surface area contributed by atoms with Gasteiger partial charge in [-0.15, -0.1) is 0 Å². The number of hydrogen-bond acceptors (Lipinski definition) is 4. The second-order valence-corrected chi connectivity index (χ2v) is 2.09. The molecular weight excluding hydrogens is 158 g/mol. The van der Waals surface area contributed by atoms with Crippen molar-refractivity contribution in [3.8, 4) is 0 Å². The second kappa shape index (κ2) is 6.91. The summed E-state index contributed by atoms with van der Waals surface area (Å²) in [5.74, 6) is 0. The molecule has 0 aromatic carbocycles. The summed E-state index contributed by atoms with van der Waals surface area (Å²) in [7, 11) is 1.52. The average Bonchev–Trinajstić information content (AvgIpc) is 2.04. The first-order valence-electron chi connectivity index (χ1n) is 4.10. The van der Waals surface area contributed by atoms with Crippen molar-refractivity contribution in [2.24, 2.45) is 4.99 Å². The van der Waals surface area contributed by atoms with Crippen LogP contribution in [-0.4, -0.2) is 32.6 Å². The number of methoxy groups -OCH3 is 1. The number of aliphatic imine (C=N–C) groups is 1. The van der Waals surface area contributed by atoms with Gasteiger partial charge in [-0.1, -0.05) is 0 Å². The van der Waals surface area contributed by atoms with Gasteiger partial charge in [0.15, 0.2) is 6.23 Å². The molecule has 0 N–H and O–H groups in total. The highest BCUT2D eigenvalue weighted by Gasteiger charge is 2.02. The average molecular weight is 175 g/mol. The molecule has 0 aromatic heterocycles. The summed E-state index contributed by atoms with van der Waals surface area (Å²) in [6.45, 7) is 6.81. The van der Waals surface area contributed by atoms with Gasteiger partial charge in [0.25, 0.3) is 0 Å². The van der Waals surface area contributed by atoms with Gasteiger partial charge < -0.3 is 14.2 Å². The van der Waals surface area contributed by atoms with Crippen LogP contribution in [0.4, 0.5) is 0 Å². The van der Waals surface area contributed by atoms with Gasteiger partial charge in [-0.25, -0.2) is 0 Å². The Balaban J connectivity index is 3.88. The van der Waals surface area contributed by atoms with Gasteiger partial charge >= 0.3 is 6.08 Å². The third-order valence-electron chi connectivity index (χ3n) is 1.14. The summed E-state index contributed by atoms with van der Waals surface area (Å²) >= 11 is 0. The maximum atomic E-state index is 5.17. The zero-order valence-corrected chi connectivity index (χ0v) is 8.16. The van der Waals surface area contributed by atoms with Crippen molar-refractivity contribution in [2.75, 3.05) is 20.3 Å². The monoisotopic (exact) mass is 175 g/mol. The SMILES string of the molecule is CCOC(=NC(C)OCC)OC. The van der Waals surface area contributed by atoms with E-state index in [1.54, 1.807) is 0 Å². The highest BCUT2D eigenvalue weighted by Crippen LogP contribution is 1.95. The molecule has 0 aliphatic heterocycles. The van der Waals surface area contributed by atoms with E-state index in [0.717, 1.165) is 0 Å². The Morgan fingerprint density at radius 2 is 2.00 bits per heavy atom. The summed E-state index contributed by atoms with van der Waals surface area (Å²) in [5.41, 5.74) is 0. The van der Waals surface area contributed by atoms with Crippen LogP contribution in [0.1, 0.15) is 20.8 Å².